The van der Waals surface area contributed by atoms with Crippen molar-refractivity contribution in [1.82, 2.24) is 14.7 Å². The maximum absolute atomic E-state index is 12.5. The molecule has 0 unspecified atom stereocenters. The van der Waals surface area contributed by atoms with Crippen molar-refractivity contribution in [2.45, 2.75) is 46.2 Å². The third-order valence-corrected chi connectivity index (χ3v) is 5.12. The lowest BCUT2D eigenvalue weighted by atomic mass is 10.1. The predicted molar refractivity (Wildman–Crippen MR) is 103 cm³/mol. The SMILES string of the molecule is Cc1nn(CCC#N)c(C)c1CCC(=O)N(C)Cc1ccc(Cl)c(Cl)c1. The van der Waals surface area contributed by atoms with Gasteiger partial charge in [-0.05, 0) is 43.5 Å². The molecule has 0 radical (unpaired) electrons. The van der Waals surface area contributed by atoms with Gasteiger partial charge in [0.1, 0.15) is 0 Å². The molecule has 0 aliphatic rings. The number of carbonyl (C=O) groups excluding carboxylic acids is 1. The Morgan fingerprint density at radius 3 is 2.69 bits per heavy atom. The number of aryl methyl sites for hydroxylation is 2. The fraction of sp³-hybridized carbons (Fsp3) is 0.421. The van der Waals surface area contributed by atoms with E-state index in [0.717, 1.165) is 22.5 Å². The molecule has 0 aliphatic heterocycles. The van der Waals surface area contributed by atoms with Gasteiger partial charge in [0.25, 0.3) is 0 Å². The molecule has 0 atom stereocenters. The molecule has 0 saturated heterocycles. The average molecular weight is 393 g/mol. The number of aromatic nitrogens is 2. The fourth-order valence-corrected chi connectivity index (χ4v) is 3.21. The molecule has 0 bridgehead atoms. The number of rotatable bonds is 7. The largest absolute Gasteiger partial charge is 0.341 e. The molecule has 0 N–H and O–H groups in total. The number of nitriles is 1. The van der Waals surface area contributed by atoms with E-state index in [1.54, 1.807) is 24.1 Å². The second kappa shape index (κ2) is 9.07. The molecule has 7 heteroatoms. The molecule has 138 valence electrons. The molecule has 26 heavy (non-hydrogen) atoms. The lowest BCUT2D eigenvalue weighted by Gasteiger charge is -2.17. The van der Waals surface area contributed by atoms with Crippen LogP contribution in [-0.2, 0) is 24.3 Å². The topological polar surface area (TPSA) is 61.9 Å². The molecule has 0 aliphatic carbocycles. The summed E-state index contributed by atoms with van der Waals surface area (Å²) < 4.78 is 1.85. The van der Waals surface area contributed by atoms with Gasteiger partial charge in [-0.1, -0.05) is 29.3 Å². The van der Waals surface area contributed by atoms with Crippen LogP contribution in [0.3, 0.4) is 0 Å². The highest BCUT2D eigenvalue weighted by molar-refractivity contribution is 6.42. The van der Waals surface area contributed by atoms with Crippen molar-refractivity contribution in [2.75, 3.05) is 7.05 Å². The van der Waals surface area contributed by atoms with E-state index < -0.39 is 0 Å². The molecule has 0 spiro atoms. The minimum absolute atomic E-state index is 0.0552. The van der Waals surface area contributed by atoms with Gasteiger partial charge in [-0.25, -0.2) is 0 Å². The number of halogens is 2. The van der Waals surface area contributed by atoms with Crippen molar-refractivity contribution in [3.63, 3.8) is 0 Å². The lowest BCUT2D eigenvalue weighted by Crippen LogP contribution is -2.26. The van der Waals surface area contributed by atoms with Gasteiger partial charge in [-0.3, -0.25) is 9.48 Å². The molecule has 2 aromatic rings. The van der Waals surface area contributed by atoms with Gasteiger partial charge in [-0.15, -0.1) is 0 Å². The highest BCUT2D eigenvalue weighted by Crippen LogP contribution is 2.23. The van der Waals surface area contributed by atoms with Crippen LogP contribution in [0.5, 0.6) is 0 Å². The second-order valence-corrected chi connectivity index (χ2v) is 7.09. The van der Waals surface area contributed by atoms with Crippen LogP contribution in [0.4, 0.5) is 0 Å². The Morgan fingerprint density at radius 1 is 1.31 bits per heavy atom. The van der Waals surface area contributed by atoms with E-state index in [9.17, 15) is 4.79 Å². The molecule has 0 fully saturated rings. The summed E-state index contributed by atoms with van der Waals surface area (Å²) in [6.07, 6.45) is 1.46. The molecule has 1 aromatic carbocycles. The zero-order valence-corrected chi connectivity index (χ0v) is 16.7. The Labute approximate surface area is 164 Å². The summed E-state index contributed by atoms with van der Waals surface area (Å²) in [7, 11) is 1.78. The van der Waals surface area contributed by atoms with Crippen LogP contribution in [0.25, 0.3) is 0 Å². The maximum Gasteiger partial charge on any atom is 0.222 e. The van der Waals surface area contributed by atoms with Crippen molar-refractivity contribution < 1.29 is 4.79 Å². The molecular weight excluding hydrogens is 371 g/mol. The van der Waals surface area contributed by atoms with E-state index in [0.29, 0.717) is 42.4 Å². The Hall–Kier alpha value is -2.03. The first-order valence-corrected chi connectivity index (χ1v) is 9.16. The van der Waals surface area contributed by atoms with Gasteiger partial charge >= 0.3 is 0 Å². The van der Waals surface area contributed by atoms with Crippen LogP contribution in [0.2, 0.25) is 10.0 Å². The first-order chi connectivity index (χ1) is 12.3. The summed E-state index contributed by atoms with van der Waals surface area (Å²) in [5.41, 5.74) is 3.96. The van der Waals surface area contributed by atoms with E-state index in [1.165, 1.54) is 0 Å². The normalized spacial score (nSPS) is 10.6. The zero-order valence-electron chi connectivity index (χ0n) is 15.2. The predicted octanol–water partition coefficient (Wildman–Crippen LogP) is 4.31. The van der Waals surface area contributed by atoms with Crippen molar-refractivity contribution in [2.24, 2.45) is 0 Å². The Morgan fingerprint density at radius 2 is 2.04 bits per heavy atom. The quantitative estimate of drug-likeness (QED) is 0.704. The molecule has 0 saturated carbocycles. The van der Waals surface area contributed by atoms with E-state index in [4.69, 9.17) is 28.5 Å². The minimum Gasteiger partial charge on any atom is -0.341 e. The van der Waals surface area contributed by atoms with Crippen LogP contribution in [0, 0.1) is 25.2 Å². The maximum atomic E-state index is 12.5. The number of nitrogens with zero attached hydrogens (tertiary/aromatic N) is 4. The number of hydrogen-bond donors (Lipinski definition) is 0. The standard InChI is InChI=1S/C19H22Cl2N4O/c1-13-16(14(2)25(23-13)10-4-9-22)6-8-19(26)24(3)12-15-5-7-17(20)18(21)11-15/h5,7,11H,4,6,8,10,12H2,1-3H3. The minimum atomic E-state index is 0.0552. The summed E-state index contributed by atoms with van der Waals surface area (Å²) in [6.45, 7) is 4.98. The van der Waals surface area contributed by atoms with Crippen molar-refractivity contribution in [3.8, 4) is 6.07 Å². The zero-order chi connectivity index (χ0) is 19.3. The summed E-state index contributed by atoms with van der Waals surface area (Å²) in [5.74, 6) is 0.0552. The number of carbonyl (C=O) groups is 1. The van der Waals surface area contributed by atoms with Gasteiger partial charge < -0.3 is 4.90 Å². The molecular formula is C19H22Cl2N4O. The Bertz CT molecular complexity index is 839. The number of benzene rings is 1. The third-order valence-electron chi connectivity index (χ3n) is 4.39. The fourth-order valence-electron chi connectivity index (χ4n) is 2.89. The molecule has 1 heterocycles. The molecule has 1 amide bonds. The Kier molecular flexibility index (Phi) is 7.07. The van der Waals surface area contributed by atoms with E-state index in [2.05, 4.69) is 11.2 Å². The van der Waals surface area contributed by atoms with Gasteiger partial charge in [0.15, 0.2) is 0 Å². The van der Waals surface area contributed by atoms with E-state index in [1.807, 2.05) is 24.6 Å². The van der Waals surface area contributed by atoms with Crippen LogP contribution in [0.15, 0.2) is 18.2 Å². The highest BCUT2D eigenvalue weighted by Gasteiger charge is 2.15. The summed E-state index contributed by atoms with van der Waals surface area (Å²) in [5, 5.41) is 14.2. The van der Waals surface area contributed by atoms with Crippen LogP contribution >= 0.6 is 23.2 Å². The number of amides is 1. The van der Waals surface area contributed by atoms with Gasteiger partial charge in [0.05, 0.1) is 34.8 Å². The van der Waals surface area contributed by atoms with Gasteiger partial charge in [0, 0.05) is 25.7 Å². The van der Waals surface area contributed by atoms with Crippen LogP contribution in [0.1, 0.15) is 35.4 Å². The number of hydrogen-bond acceptors (Lipinski definition) is 3. The summed E-state index contributed by atoms with van der Waals surface area (Å²) in [6, 6.07) is 7.51. The van der Waals surface area contributed by atoms with Crippen LogP contribution < -0.4 is 0 Å². The van der Waals surface area contributed by atoms with Crippen molar-refractivity contribution >= 4 is 29.1 Å². The monoisotopic (exact) mass is 392 g/mol. The highest BCUT2D eigenvalue weighted by atomic mass is 35.5. The molecule has 5 nitrogen and oxygen atoms in total. The summed E-state index contributed by atoms with van der Waals surface area (Å²) in [4.78, 5) is 14.2. The van der Waals surface area contributed by atoms with Crippen molar-refractivity contribution in [1.29, 1.82) is 5.26 Å². The summed E-state index contributed by atoms with van der Waals surface area (Å²) >= 11 is 11.9. The molecule has 1 aromatic heterocycles. The van der Waals surface area contributed by atoms with Gasteiger partial charge in [0.2, 0.25) is 5.91 Å². The first-order valence-electron chi connectivity index (χ1n) is 8.41. The van der Waals surface area contributed by atoms with Crippen LogP contribution in [-0.4, -0.2) is 27.6 Å². The molecule has 2 rings (SSSR count). The Balaban J connectivity index is 1.96. The smallest absolute Gasteiger partial charge is 0.222 e. The lowest BCUT2D eigenvalue weighted by molar-refractivity contribution is -0.130. The van der Waals surface area contributed by atoms with Gasteiger partial charge in [-0.2, -0.15) is 10.4 Å². The first kappa shape index (κ1) is 20.3. The van der Waals surface area contributed by atoms with E-state index >= 15 is 0 Å². The third kappa shape index (κ3) is 5.00. The average Bonchev–Trinajstić information content (AvgIpc) is 2.87. The van der Waals surface area contributed by atoms with E-state index in [-0.39, 0.29) is 5.91 Å². The van der Waals surface area contributed by atoms with Crippen molar-refractivity contribution in [3.05, 3.63) is 50.8 Å². The second-order valence-electron chi connectivity index (χ2n) is 6.28.